The van der Waals surface area contributed by atoms with Crippen molar-refractivity contribution in [1.29, 1.82) is 0 Å². The molecule has 0 aliphatic carbocycles. The molecule has 0 saturated heterocycles. The SMILES string of the molecule is CC(C)(C)c1ccc([C@H](CC(=O)NCc2ccco2)c2cn(Cc3ccc(F)cc3)c3ccccc23)cc1. The van der Waals surface area contributed by atoms with Crippen molar-refractivity contribution in [3.8, 4) is 0 Å². The minimum atomic E-state index is -0.244. The van der Waals surface area contributed by atoms with E-state index in [4.69, 9.17) is 4.42 Å². The van der Waals surface area contributed by atoms with E-state index in [1.165, 1.54) is 17.7 Å². The van der Waals surface area contributed by atoms with Gasteiger partial charge in [0.15, 0.2) is 0 Å². The van der Waals surface area contributed by atoms with Gasteiger partial charge in [-0.3, -0.25) is 4.79 Å². The van der Waals surface area contributed by atoms with E-state index in [1.54, 1.807) is 6.26 Å². The quantitative estimate of drug-likeness (QED) is 0.235. The van der Waals surface area contributed by atoms with Crippen molar-refractivity contribution in [2.45, 2.75) is 51.6 Å². The molecular formula is C33H33FN2O2. The van der Waals surface area contributed by atoms with Gasteiger partial charge < -0.3 is 14.3 Å². The summed E-state index contributed by atoms with van der Waals surface area (Å²) in [7, 11) is 0. The molecule has 3 aromatic carbocycles. The maximum Gasteiger partial charge on any atom is 0.221 e. The molecule has 2 aromatic heterocycles. The molecule has 0 radical (unpaired) electrons. The van der Waals surface area contributed by atoms with Gasteiger partial charge in [-0.2, -0.15) is 0 Å². The highest BCUT2D eigenvalue weighted by atomic mass is 19.1. The molecular weight excluding hydrogens is 475 g/mol. The predicted molar refractivity (Wildman–Crippen MR) is 150 cm³/mol. The highest BCUT2D eigenvalue weighted by molar-refractivity contribution is 5.86. The number of rotatable bonds is 8. The minimum absolute atomic E-state index is 0.0401. The minimum Gasteiger partial charge on any atom is -0.467 e. The van der Waals surface area contributed by atoms with Crippen LogP contribution >= 0.6 is 0 Å². The molecule has 2 heterocycles. The summed E-state index contributed by atoms with van der Waals surface area (Å²) < 4.78 is 21.1. The number of nitrogens with one attached hydrogen (secondary N) is 1. The van der Waals surface area contributed by atoms with Gasteiger partial charge in [0, 0.05) is 36.0 Å². The van der Waals surface area contributed by atoms with E-state index >= 15 is 0 Å². The smallest absolute Gasteiger partial charge is 0.221 e. The van der Waals surface area contributed by atoms with Crippen LogP contribution in [0.2, 0.25) is 0 Å². The van der Waals surface area contributed by atoms with Gasteiger partial charge in [-0.05, 0) is 58.0 Å². The largest absolute Gasteiger partial charge is 0.467 e. The Kier molecular flexibility index (Phi) is 7.19. The van der Waals surface area contributed by atoms with Crippen molar-refractivity contribution >= 4 is 16.8 Å². The molecule has 1 N–H and O–H groups in total. The van der Waals surface area contributed by atoms with Crippen LogP contribution in [0.15, 0.2) is 102 Å². The highest BCUT2D eigenvalue weighted by Gasteiger charge is 2.24. The van der Waals surface area contributed by atoms with Crippen LogP contribution in [0.25, 0.3) is 10.9 Å². The van der Waals surface area contributed by atoms with Crippen LogP contribution in [0.5, 0.6) is 0 Å². The fraction of sp³-hybridized carbons (Fsp3) is 0.242. The Labute approximate surface area is 223 Å². The number of benzene rings is 3. The number of carbonyl (C=O) groups excluding carboxylic acids is 1. The maximum atomic E-state index is 13.5. The molecule has 5 aromatic rings. The van der Waals surface area contributed by atoms with Crippen LogP contribution in [0, 0.1) is 5.82 Å². The lowest BCUT2D eigenvalue weighted by Gasteiger charge is -2.22. The lowest BCUT2D eigenvalue weighted by atomic mass is 9.83. The molecule has 5 rings (SSSR count). The summed E-state index contributed by atoms with van der Waals surface area (Å²) in [6, 6.07) is 27.2. The summed E-state index contributed by atoms with van der Waals surface area (Å²) in [4.78, 5) is 13.2. The first-order valence-electron chi connectivity index (χ1n) is 13.0. The van der Waals surface area contributed by atoms with Crippen LogP contribution < -0.4 is 5.32 Å². The molecule has 1 amide bonds. The van der Waals surface area contributed by atoms with E-state index in [1.807, 2.05) is 36.4 Å². The Morgan fingerprint density at radius 3 is 2.37 bits per heavy atom. The van der Waals surface area contributed by atoms with Gasteiger partial charge in [-0.25, -0.2) is 4.39 Å². The van der Waals surface area contributed by atoms with Gasteiger partial charge >= 0.3 is 0 Å². The summed E-state index contributed by atoms with van der Waals surface area (Å²) in [5, 5.41) is 4.13. The van der Waals surface area contributed by atoms with Crippen molar-refractivity contribution in [3.05, 3.63) is 131 Å². The number of carbonyl (C=O) groups is 1. The average molecular weight is 509 g/mol. The average Bonchev–Trinajstić information content (AvgIpc) is 3.56. The second-order valence-corrected chi connectivity index (χ2v) is 10.8. The molecule has 194 valence electrons. The van der Waals surface area contributed by atoms with Gasteiger partial charge in [-0.1, -0.05) is 75.4 Å². The molecule has 0 spiro atoms. The summed E-state index contributed by atoms with van der Waals surface area (Å²) in [5.41, 5.74) is 5.58. The van der Waals surface area contributed by atoms with E-state index in [0.717, 1.165) is 33.4 Å². The third-order valence-corrected chi connectivity index (χ3v) is 7.07. The van der Waals surface area contributed by atoms with Crippen molar-refractivity contribution in [2.75, 3.05) is 0 Å². The van der Waals surface area contributed by atoms with Crippen molar-refractivity contribution in [1.82, 2.24) is 9.88 Å². The lowest BCUT2D eigenvalue weighted by Crippen LogP contribution is -2.24. The van der Waals surface area contributed by atoms with E-state index < -0.39 is 0 Å². The van der Waals surface area contributed by atoms with Crippen molar-refractivity contribution in [3.63, 3.8) is 0 Å². The second-order valence-electron chi connectivity index (χ2n) is 10.8. The second kappa shape index (κ2) is 10.7. The number of nitrogens with zero attached hydrogens (tertiary/aromatic N) is 1. The standard InChI is InChI=1S/C33H33FN2O2/c1-33(2,3)25-14-12-24(13-15-25)29(19-32(37)35-20-27-7-6-18-38-27)30-22-36(31-9-5-4-8-28(30)31)21-23-10-16-26(34)17-11-23/h4-18,22,29H,19-21H2,1-3H3,(H,35,37)/t29-/m0/s1. The van der Waals surface area contributed by atoms with E-state index in [-0.39, 0.29) is 23.1 Å². The normalized spacial score (nSPS) is 12.5. The molecule has 38 heavy (non-hydrogen) atoms. The van der Waals surface area contributed by atoms with Crippen LogP contribution in [0.3, 0.4) is 0 Å². The zero-order chi connectivity index (χ0) is 26.7. The van der Waals surface area contributed by atoms with Crippen molar-refractivity contribution < 1.29 is 13.6 Å². The predicted octanol–water partition coefficient (Wildman–Crippen LogP) is 7.56. The van der Waals surface area contributed by atoms with Crippen LogP contribution in [0.1, 0.15) is 61.1 Å². The van der Waals surface area contributed by atoms with Crippen LogP contribution in [0.4, 0.5) is 4.39 Å². The monoisotopic (exact) mass is 508 g/mol. The summed E-state index contributed by atoms with van der Waals surface area (Å²) >= 11 is 0. The van der Waals surface area contributed by atoms with Crippen LogP contribution in [-0.2, 0) is 23.3 Å². The Morgan fingerprint density at radius 2 is 1.68 bits per heavy atom. The molecule has 4 nitrogen and oxygen atoms in total. The Hall–Kier alpha value is -4.12. The Balaban J connectivity index is 1.52. The maximum absolute atomic E-state index is 13.5. The molecule has 0 fully saturated rings. The van der Waals surface area contributed by atoms with Gasteiger partial charge in [0.2, 0.25) is 5.91 Å². The summed E-state index contributed by atoms with van der Waals surface area (Å²) in [5.74, 6) is 0.299. The number of halogens is 1. The van der Waals surface area contributed by atoms with Crippen molar-refractivity contribution in [2.24, 2.45) is 0 Å². The number of furan rings is 1. The molecule has 0 saturated carbocycles. The highest BCUT2D eigenvalue weighted by Crippen LogP contribution is 2.36. The van der Waals surface area contributed by atoms with E-state index in [9.17, 15) is 9.18 Å². The molecule has 0 bridgehead atoms. The lowest BCUT2D eigenvalue weighted by molar-refractivity contribution is -0.121. The summed E-state index contributed by atoms with van der Waals surface area (Å²) in [6.45, 7) is 7.56. The van der Waals surface area contributed by atoms with E-state index in [0.29, 0.717) is 19.5 Å². The van der Waals surface area contributed by atoms with Gasteiger partial charge in [0.05, 0.1) is 12.8 Å². The zero-order valence-electron chi connectivity index (χ0n) is 22.1. The Bertz CT molecular complexity index is 1510. The molecule has 1 atom stereocenters. The van der Waals surface area contributed by atoms with Gasteiger partial charge in [0.1, 0.15) is 11.6 Å². The third-order valence-electron chi connectivity index (χ3n) is 7.07. The van der Waals surface area contributed by atoms with Gasteiger partial charge in [0.25, 0.3) is 0 Å². The number of para-hydroxylation sites is 1. The summed E-state index contributed by atoms with van der Waals surface area (Å²) in [6.07, 6.45) is 4.06. The van der Waals surface area contributed by atoms with E-state index in [2.05, 4.69) is 73.3 Å². The van der Waals surface area contributed by atoms with Crippen LogP contribution in [-0.4, -0.2) is 10.5 Å². The fourth-order valence-corrected chi connectivity index (χ4v) is 4.95. The zero-order valence-corrected chi connectivity index (χ0v) is 22.1. The first kappa shape index (κ1) is 25.5. The topological polar surface area (TPSA) is 47.2 Å². The number of hydrogen-bond acceptors (Lipinski definition) is 2. The molecule has 0 aliphatic heterocycles. The fourth-order valence-electron chi connectivity index (χ4n) is 4.95. The molecule has 0 unspecified atom stereocenters. The first-order valence-corrected chi connectivity index (χ1v) is 13.0. The number of hydrogen-bond donors (Lipinski definition) is 1. The molecule has 5 heteroatoms. The Morgan fingerprint density at radius 1 is 0.947 bits per heavy atom. The molecule has 0 aliphatic rings. The first-order chi connectivity index (χ1) is 18.3. The number of amides is 1. The number of aromatic nitrogens is 1. The van der Waals surface area contributed by atoms with Gasteiger partial charge in [-0.15, -0.1) is 0 Å². The number of fused-ring (bicyclic) bond motifs is 1. The third kappa shape index (κ3) is 5.72.